The van der Waals surface area contributed by atoms with Crippen molar-refractivity contribution in [3.8, 4) is 0 Å². The van der Waals surface area contributed by atoms with Crippen LogP contribution in [0.1, 0.15) is 47.0 Å². The van der Waals surface area contributed by atoms with E-state index in [-0.39, 0.29) is 24.0 Å². The summed E-state index contributed by atoms with van der Waals surface area (Å²) in [4.78, 5) is 0. The van der Waals surface area contributed by atoms with Gasteiger partial charge in [-0.25, -0.2) is 0 Å². The fourth-order valence-corrected chi connectivity index (χ4v) is 2.39. The first-order valence-electron chi connectivity index (χ1n) is 7.04. The molecule has 1 saturated carbocycles. The Morgan fingerprint density at radius 2 is 1.95 bits per heavy atom. The molecule has 0 aromatic rings. The molecular weight excluding hydrogens is 255 g/mol. The first-order valence-corrected chi connectivity index (χ1v) is 7.04. The summed E-state index contributed by atoms with van der Waals surface area (Å²) in [5.74, 6) is 0.509. The third-order valence-electron chi connectivity index (χ3n) is 3.84. The van der Waals surface area contributed by atoms with Crippen LogP contribution in [0.5, 0.6) is 0 Å². The second-order valence-corrected chi connectivity index (χ2v) is 6.50. The van der Waals surface area contributed by atoms with Crippen LogP contribution in [0.25, 0.3) is 0 Å². The van der Waals surface area contributed by atoms with Crippen molar-refractivity contribution < 1.29 is 17.9 Å². The Balaban J connectivity index is 2.20. The van der Waals surface area contributed by atoms with Crippen LogP contribution in [0, 0.1) is 11.3 Å². The first-order chi connectivity index (χ1) is 8.63. The van der Waals surface area contributed by atoms with E-state index in [0.29, 0.717) is 12.5 Å². The van der Waals surface area contributed by atoms with E-state index in [1.807, 2.05) is 0 Å². The highest BCUT2D eigenvalue weighted by molar-refractivity contribution is 5.02. The lowest BCUT2D eigenvalue weighted by molar-refractivity contribution is -0.137. The first kappa shape index (κ1) is 16.8. The van der Waals surface area contributed by atoms with Crippen molar-refractivity contribution in [1.29, 1.82) is 0 Å². The Labute approximate surface area is 114 Å². The lowest BCUT2D eigenvalue weighted by atomic mass is 9.64. The summed E-state index contributed by atoms with van der Waals surface area (Å²) < 4.78 is 41.9. The molecule has 5 heteroatoms. The summed E-state index contributed by atoms with van der Waals surface area (Å²) in [6, 6.07) is 0.262. The maximum Gasteiger partial charge on any atom is 0.389 e. The van der Waals surface area contributed by atoms with Crippen LogP contribution in [-0.4, -0.2) is 31.5 Å². The van der Waals surface area contributed by atoms with E-state index in [0.717, 1.165) is 13.0 Å². The second kappa shape index (κ2) is 6.44. The van der Waals surface area contributed by atoms with E-state index in [4.69, 9.17) is 4.74 Å². The average molecular weight is 281 g/mol. The Bertz CT molecular complexity index is 276. The van der Waals surface area contributed by atoms with Crippen molar-refractivity contribution in [3.63, 3.8) is 0 Å². The summed E-state index contributed by atoms with van der Waals surface area (Å²) in [5, 5.41) is 3.22. The molecule has 114 valence electrons. The molecule has 2 unspecified atom stereocenters. The minimum absolute atomic E-state index is 0.00707. The van der Waals surface area contributed by atoms with Crippen LogP contribution >= 0.6 is 0 Å². The molecule has 1 rings (SSSR count). The topological polar surface area (TPSA) is 21.3 Å². The zero-order chi connectivity index (χ0) is 14.7. The third kappa shape index (κ3) is 5.30. The predicted octanol–water partition coefficient (Wildman–Crippen LogP) is 3.76. The molecular formula is C14H26F3NO. The molecule has 0 aromatic carbocycles. The highest BCUT2D eigenvalue weighted by Crippen LogP contribution is 2.42. The van der Waals surface area contributed by atoms with Crippen molar-refractivity contribution >= 4 is 0 Å². The maximum atomic E-state index is 12.0. The molecule has 0 heterocycles. The summed E-state index contributed by atoms with van der Waals surface area (Å²) in [7, 11) is 0. The molecule has 0 bridgehead atoms. The van der Waals surface area contributed by atoms with E-state index in [2.05, 4.69) is 33.0 Å². The number of halogens is 3. The summed E-state index contributed by atoms with van der Waals surface area (Å²) in [5.41, 5.74) is 0.00707. The van der Waals surface area contributed by atoms with Gasteiger partial charge in [0.1, 0.15) is 0 Å². The molecule has 0 aromatic heterocycles. The molecule has 1 N–H and O–H groups in total. The van der Waals surface area contributed by atoms with Crippen LogP contribution < -0.4 is 5.32 Å². The lowest BCUT2D eigenvalue weighted by Crippen LogP contribution is -2.61. The molecule has 0 spiro atoms. The summed E-state index contributed by atoms with van der Waals surface area (Å²) >= 11 is 0. The van der Waals surface area contributed by atoms with Gasteiger partial charge in [0.25, 0.3) is 0 Å². The van der Waals surface area contributed by atoms with Crippen molar-refractivity contribution in [2.45, 2.75) is 65.3 Å². The molecule has 0 amide bonds. The summed E-state index contributed by atoms with van der Waals surface area (Å²) in [6.07, 6.45) is -3.49. The monoisotopic (exact) mass is 281 g/mol. The zero-order valence-electron chi connectivity index (χ0n) is 12.3. The van der Waals surface area contributed by atoms with Crippen molar-refractivity contribution in [3.05, 3.63) is 0 Å². The predicted molar refractivity (Wildman–Crippen MR) is 70.1 cm³/mol. The van der Waals surface area contributed by atoms with Gasteiger partial charge in [-0.05, 0) is 25.3 Å². The molecule has 0 aliphatic heterocycles. The number of ether oxygens (including phenoxy) is 1. The number of hydrogen-bond donors (Lipinski definition) is 1. The quantitative estimate of drug-likeness (QED) is 0.717. The van der Waals surface area contributed by atoms with Crippen LogP contribution in [0.3, 0.4) is 0 Å². The SMILES string of the molecule is CC(C)COC1CC(NCCCC(F)(F)F)C1(C)C. The van der Waals surface area contributed by atoms with Crippen molar-refractivity contribution in [2.75, 3.05) is 13.2 Å². The lowest BCUT2D eigenvalue weighted by Gasteiger charge is -2.52. The third-order valence-corrected chi connectivity index (χ3v) is 3.84. The van der Waals surface area contributed by atoms with Crippen LogP contribution in [-0.2, 0) is 4.74 Å². The van der Waals surface area contributed by atoms with Crippen LogP contribution in [0.2, 0.25) is 0 Å². The minimum atomic E-state index is -4.04. The fraction of sp³-hybridized carbons (Fsp3) is 1.00. The fourth-order valence-electron chi connectivity index (χ4n) is 2.39. The number of hydrogen-bond acceptors (Lipinski definition) is 2. The van der Waals surface area contributed by atoms with Gasteiger partial charge in [-0.1, -0.05) is 27.7 Å². The van der Waals surface area contributed by atoms with Gasteiger partial charge in [0.15, 0.2) is 0 Å². The van der Waals surface area contributed by atoms with Gasteiger partial charge in [0.05, 0.1) is 6.10 Å². The Morgan fingerprint density at radius 3 is 2.42 bits per heavy atom. The molecule has 1 aliphatic rings. The van der Waals surface area contributed by atoms with Gasteiger partial charge >= 0.3 is 6.18 Å². The Morgan fingerprint density at radius 1 is 1.32 bits per heavy atom. The van der Waals surface area contributed by atoms with Gasteiger partial charge in [0, 0.05) is 24.5 Å². The number of rotatable bonds is 7. The smallest absolute Gasteiger partial charge is 0.377 e. The molecule has 19 heavy (non-hydrogen) atoms. The zero-order valence-corrected chi connectivity index (χ0v) is 12.3. The van der Waals surface area contributed by atoms with Gasteiger partial charge in [-0.2, -0.15) is 13.2 Å². The largest absolute Gasteiger partial charge is 0.389 e. The van der Waals surface area contributed by atoms with Crippen molar-refractivity contribution in [2.24, 2.45) is 11.3 Å². The Kier molecular flexibility index (Phi) is 5.68. The minimum Gasteiger partial charge on any atom is -0.377 e. The van der Waals surface area contributed by atoms with Gasteiger partial charge in [-0.15, -0.1) is 0 Å². The van der Waals surface area contributed by atoms with Gasteiger partial charge < -0.3 is 10.1 Å². The molecule has 2 atom stereocenters. The van der Waals surface area contributed by atoms with Crippen LogP contribution in [0.15, 0.2) is 0 Å². The maximum absolute atomic E-state index is 12.0. The molecule has 0 radical (unpaired) electrons. The molecule has 1 fully saturated rings. The summed E-state index contributed by atoms with van der Waals surface area (Å²) in [6.45, 7) is 9.61. The molecule has 0 saturated heterocycles. The van der Waals surface area contributed by atoms with E-state index in [1.165, 1.54) is 0 Å². The molecule has 2 nitrogen and oxygen atoms in total. The highest BCUT2D eigenvalue weighted by atomic mass is 19.4. The standard InChI is InChI=1S/C14H26F3NO/c1-10(2)9-19-12-8-11(13(12,3)4)18-7-5-6-14(15,16)17/h10-12,18H,5-9H2,1-4H3. The van der Waals surface area contributed by atoms with Gasteiger partial charge in [0.2, 0.25) is 0 Å². The normalized spacial score (nSPS) is 26.5. The van der Waals surface area contributed by atoms with E-state index in [1.54, 1.807) is 0 Å². The van der Waals surface area contributed by atoms with Crippen molar-refractivity contribution in [1.82, 2.24) is 5.32 Å². The van der Waals surface area contributed by atoms with Crippen LogP contribution in [0.4, 0.5) is 13.2 Å². The highest BCUT2D eigenvalue weighted by Gasteiger charge is 2.48. The average Bonchev–Trinajstić information content (AvgIpc) is 2.24. The van der Waals surface area contributed by atoms with E-state index >= 15 is 0 Å². The van der Waals surface area contributed by atoms with Gasteiger partial charge in [-0.3, -0.25) is 0 Å². The Hall–Kier alpha value is -0.290. The molecule has 1 aliphatic carbocycles. The number of nitrogens with one attached hydrogen (secondary N) is 1. The second-order valence-electron chi connectivity index (χ2n) is 6.50. The van der Waals surface area contributed by atoms with E-state index in [9.17, 15) is 13.2 Å². The number of alkyl halides is 3. The van der Waals surface area contributed by atoms with E-state index < -0.39 is 12.6 Å².